The Labute approximate surface area is 195 Å². The van der Waals surface area contributed by atoms with Gasteiger partial charge in [0.15, 0.2) is 0 Å². The van der Waals surface area contributed by atoms with E-state index in [1.165, 1.54) is 26.4 Å². The smallest absolute Gasteiger partial charge is 0.247 e. The van der Waals surface area contributed by atoms with Crippen molar-refractivity contribution in [3.05, 3.63) is 83.4 Å². The predicted molar refractivity (Wildman–Crippen MR) is 128 cm³/mol. The lowest BCUT2D eigenvalue weighted by Gasteiger charge is -2.23. The van der Waals surface area contributed by atoms with Crippen LogP contribution in [0.3, 0.4) is 0 Å². The first kappa shape index (κ1) is 24.3. The Morgan fingerprint density at radius 2 is 1.67 bits per heavy atom. The number of rotatable bonds is 9. The highest BCUT2D eigenvalue weighted by Crippen LogP contribution is 2.31. The zero-order valence-corrected chi connectivity index (χ0v) is 20.0. The molecule has 1 N–H and O–H groups in total. The second kappa shape index (κ2) is 10.5. The number of methoxy groups -OCH3 is 2. The van der Waals surface area contributed by atoms with Crippen molar-refractivity contribution in [1.29, 1.82) is 0 Å². The zero-order valence-electron chi connectivity index (χ0n) is 19.2. The number of carbonyl (C=O) groups excluding carboxylic acids is 1. The lowest BCUT2D eigenvalue weighted by Crippen LogP contribution is -2.37. The maximum Gasteiger partial charge on any atom is 0.247 e. The third-order valence-electron chi connectivity index (χ3n) is 5.17. The van der Waals surface area contributed by atoms with Crippen LogP contribution in [-0.2, 0) is 21.4 Å². The largest absolute Gasteiger partial charge is 0.497 e. The highest BCUT2D eigenvalue weighted by molar-refractivity contribution is 7.89. The molecule has 0 aliphatic rings. The fraction of sp³-hybridized carbons (Fsp3) is 0.240. The summed E-state index contributed by atoms with van der Waals surface area (Å²) < 4.78 is 38.9. The van der Waals surface area contributed by atoms with E-state index in [1.54, 1.807) is 6.07 Å². The van der Waals surface area contributed by atoms with Gasteiger partial charge in [0.25, 0.3) is 0 Å². The van der Waals surface area contributed by atoms with Gasteiger partial charge in [-0.3, -0.25) is 4.79 Å². The van der Waals surface area contributed by atoms with E-state index >= 15 is 0 Å². The first-order valence-corrected chi connectivity index (χ1v) is 11.8. The molecule has 0 spiro atoms. The summed E-state index contributed by atoms with van der Waals surface area (Å²) in [6, 6.07) is 19.3. The second-order valence-corrected chi connectivity index (χ2v) is 9.55. The van der Waals surface area contributed by atoms with Crippen molar-refractivity contribution in [2.45, 2.75) is 25.3 Å². The molecule has 0 radical (unpaired) electrons. The van der Waals surface area contributed by atoms with E-state index in [9.17, 15) is 13.2 Å². The van der Waals surface area contributed by atoms with Crippen molar-refractivity contribution in [2.75, 3.05) is 26.1 Å². The average Bonchev–Trinajstić information content (AvgIpc) is 2.80. The Bertz CT molecular complexity index is 1230. The molecule has 0 saturated carbocycles. The quantitative estimate of drug-likeness (QED) is 0.510. The number of benzene rings is 3. The van der Waals surface area contributed by atoms with Crippen LogP contribution >= 0.6 is 0 Å². The summed E-state index contributed by atoms with van der Waals surface area (Å²) in [7, 11) is -1.20. The van der Waals surface area contributed by atoms with Crippen molar-refractivity contribution in [2.24, 2.45) is 0 Å². The van der Waals surface area contributed by atoms with Gasteiger partial charge in [0.05, 0.1) is 20.8 Å². The summed E-state index contributed by atoms with van der Waals surface area (Å²) in [6.45, 7) is 3.52. The normalized spacial score (nSPS) is 11.3. The Morgan fingerprint density at radius 3 is 2.30 bits per heavy atom. The second-order valence-electron chi connectivity index (χ2n) is 7.64. The Hall–Kier alpha value is -3.36. The predicted octanol–water partition coefficient (Wildman–Crippen LogP) is 4.15. The molecule has 0 fully saturated rings. The molecule has 0 bridgehead atoms. The van der Waals surface area contributed by atoms with E-state index in [2.05, 4.69) is 5.32 Å². The molecule has 3 aromatic carbocycles. The molecule has 3 rings (SSSR count). The Morgan fingerprint density at radius 1 is 0.939 bits per heavy atom. The lowest BCUT2D eigenvalue weighted by molar-refractivity contribution is -0.116. The van der Waals surface area contributed by atoms with E-state index in [-0.39, 0.29) is 23.7 Å². The van der Waals surface area contributed by atoms with E-state index in [1.807, 2.05) is 62.4 Å². The third-order valence-corrected chi connectivity index (χ3v) is 7.00. The molecule has 0 saturated heterocycles. The van der Waals surface area contributed by atoms with Crippen LogP contribution in [0.15, 0.2) is 71.6 Å². The molecule has 0 unspecified atom stereocenters. The van der Waals surface area contributed by atoms with Gasteiger partial charge in [-0.05, 0) is 43.2 Å². The Kier molecular flexibility index (Phi) is 7.73. The number of anilines is 1. The molecule has 1 amide bonds. The number of carbonyl (C=O) groups is 1. The van der Waals surface area contributed by atoms with Crippen LogP contribution in [0.4, 0.5) is 5.69 Å². The van der Waals surface area contributed by atoms with Gasteiger partial charge in [-0.25, -0.2) is 8.42 Å². The van der Waals surface area contributed by atoms with Gasteiger partial charge in [0, 0.05) is 18.3 Å². The van der Waals surface area contributed by atoms with Gasteiger partial charge in [-0.2, -0.15) is 4.31 Å². The van der Waals surface area contributed by atoms with E-state index in [0.29, 0.717) is 11.4 Å². The molecule has 0 atom stereocenters. The Balaban J connectivity index is 1.94. The highest BCUT2D eigenvalue weighted by atomic mass is 32.2. The van der Waals surface area contributed by atoms with Crippen molar-refractivity contribution >= 4 is 21.6 Å². The van der Waals surface area contributed by atoms with Gasteiger partial charge in [-0.15, -0.1) is 0 Å². The van der Waals surface area contributed by atoms with Gasteiger partial charge in [0.2, 0.25) is 15.9 Å². The summed E-state index contributed by atoms with van der Waals surface area (Å²) in [4.78, 5) is 12.9. The minimum atomic E-state index is -4.08. The highest BCUT2D eigenvalue weighted by Gasteiger charge is 2.30. The third kappa shape index (κ3) is 5.91. The first-order valence-electron chi connectivity index (χ1n) is 10.4. The van der Waals surface area contributed by atoms with Crippen LogP contribution in [0.5, 0.6) is 11.5 Å². The van der Waals surface area contributed by atoms with Gasteiger partial charge in [0.1, 0.15) is 16.4 Å². The summed E-state index contributed by atoms with van der Waals surface area (Å²) >= 11 is 0. The van der Waals surface area contributed by atoms with Gasteiger partial charge < -0.3 is 14.8 Å². The SMILES string of the molecule is COc1ccc(S(=O)(=O)N(CC(=O)Nc2ccc(C)cc2C)Cc2ccccc2)c(OC)c1. The molecule has 0 heterocycles. The number of nitrogens with one attached hydrogen (secondary N) is 1. The summed E-state index contributed by atoms with van der Waals surface area (Å²) in [6.07, 6.45) is 0. The number of amides is 1. The maximum absolute atomic E-state index is 13.6. The standard InChI is InChI=1S/C25H28N2O5S/c1-18-10-12-22(19(2)14-18)26-25(28)17-27(16-20-8-6-5-7-9-20)33(29,30)24-13-11-21(31-3)15-23(24)32-4/h5-15H,16-17H2,1-4H3,(H,26,28). The molecule has 8 heteroatoms. The van der Waals surface area contributed by atoms with Crippen molar-refractivity contribution < 1.29 is 22.7 Å². The molecule has 3 aromatic rings. The van der Waals surface area contributed by atoms with Gasteiger partial charge in [-0.1, -0.05) is 48.0 Å². The summed E-state index contributed by atoms with van der Waals surface area (Å²) in [5, 5.41) is 2.83. The molecule has 0 aliphatic heterocycles. The number of ether oxygens (including phenoxy) is 2. The molecular formula is C25H28N2O5S. The van der Waals surface area contributed by atoms with Crippen LogP contribution in [0.2, 0.25) is 0 Å². The molecule has 174 valence electrons. The molecule has 33 heavy (non-hydrogen) atoms. The number of hydrogen-bond acceptors (Lipinski definition) is 5. The summed E-state index contributed by atoms with van der Waals surface area (Å²) in [5.41, 5.74) is 3.38. The van der Waals surface area contributed by atoms with Crippen LogP contribution in [0.1, 0.15) is 16.7 Å². The molecule has 0 aliphatic carbocycles. The molecular weight excluding hydrogens is 440 g/mol. The summed E-state index contributed by atoms with van der Waals surface area (Å²) in [5.74, 6) is 0.170. The van der Waals surface area contributed by atoms with Crippen LogP contribution in [-0.4, -0.2) is 39.4 Å². The number of nitrogens with zero attached hydrogens (tertiary/aromatic N) is 1. The van der Waals surface area contributed by atoms with Crippen molar-refractivity contribution in [3.8, 4) is 11.5 Å². The monoisotopic (exact) mass is 468 g/mol. The fourth-order valence-corrected chi connectivity index (χ4v) is 4.96. The average molecular weight is 469 g/mol. The number of hydrogen-bond donors (Lipinski definition) is 1. The number of sulfonamides is 1. The topological polar surface area (TPSA) is 84.9 Å². The first-order chi connectivity index (χ1) is 15.7. The maximum atomic E-state index is 13.6. The molecule has 7 nitrogen and oxygen atoms in total. The van der Waals surface area contributed by atoms with Crippen LogP contribution in [0.25, 0.3) is 0 Å². The van der Waals surface area contributed by atoms with Crippen LogP contribution < -0.4 is 14.8 Å². The van der Waals surface area contributed by atoms with Gasteiger partial charge >= 0.3 is 0 Å². The zero-order chi connectivity index (χ0) is 24.0. The minimum absolute atomic E-state index is 0.0264. The van der Waals surface area contributed by atoms with E-state index in [4.69, 9.17) is 9.47 Å². The minimum Gasteiger partial charge on any atom is -0.497 e. The molecule has 0 aromatic heterocycles. The fourth-order valence-electron chi connectivity index (χ4n) is 3.44. The van der Waals surface area contributed by atoms with Crippen LogP contribution in [0, 0.1) is 13.8 Å². The van der Waals surface area contributed by atoms with Crippen molar-refractivity contribution in [1.82, 2.24) is 4.31 Å². The van der Waals surface area contributed by atoms with Crippen molar-refractivity contribution in [3.63, 3.8) is 0 Å². The number of aryl methyl sites for hydroxylation is 2. The lowest BCUT2D eigenvalue weighted by atomic mass is 10.1. The van der Waals surface area contributed by atoms with E-state index in [0.717, 1.165) is 21.0 Å². The van der Waals surface area contributed by atoms with E-state index < -0.39 is 15.9 Å².